The zero-order chi connectivity index (χ0) is 17.4. The summed E-state index contributed by atoms with van der Waals surface area (Å²) in [4.78, 5) is 36.9. The van der Waals surface area contributed by atoms with Gasteiger partial charge in [0, 0.05) is 17.8 Å². The van der Waals surface area contributed by atoms with E-state index in [4.69, 9.17) is 4.74 Å². The molecule has 0 aliphatic carbocycles. The lowest BCUT2D eigenvalue weighted by molar-refractivity contribution is 0.0693. The largest absolute Gasteiger partial charge is 0.496 e. The number of carbonyl (C=O) groups is 1. The van der Waals surface area contributed by atoms with E-state index in [2.05, 4.69) is 4.98 Å². The van der Waals surface area contributed by atoms with Crippen molar-refractivity contribution in [1.82, 2.24) is 9.55 Å². The summed E-state index contributed by atoms with van der Waals surface area (Å²) in [5.41, 5.74) is -0.624. The van der Waals surface area contributed by atoms with Gasteiger partial charge in [-0.15, -0.1) is 0 Å². The summed E-state index contributed by atoms with van der Waals surface area (Å²) in [6.07, 6.45) is 1.31. The lowest BCUT2D eigenvalue weighted by atomic mass is 9.84. The maximum atomic E-state index is 12.0. The van der Waals surface area contributed by atoms with Crippen LogP contribution in [0.4, 0.5) is 0 Å². The van der Waals surface area contributed by atoms with E-state index in [0.29, 0.717) is 11.3 Å². The molecule has 0 unspecified atom stereocenters. The molecule has 0 aliphatic heterocycles. The first-order valence-corrected chi connectivity index (χ1v) is 6.93. The normalized spacial score (nSPS) is 11.3. The van der Waals surface area contributed by atoms with Crippen molar-refractivity contribution in [3.63, 3.8) is 0 Å². The van der Waals surface area contributed by atoms with E-state index >= 15 is 0 Å². The van der Waals surface area contributed by atoms with Crippen LogP contribution in [0.15, 0.2) is 34.0 Å². The Hall–Kier alpha value is -2.83. The highest BCUT2D eigenvalue weighted by atomic mass is 16.5. The molecule has 2 rings (SSSR count). The molecule has 0 radical (unpaired) electrons. The number of aromatic carboxylic acids is 1. The van der Waals surface area contributed by atoms with E-state index in [0.717, 1.165) is 0 Å². The Labute approximate surface area is 132 Å². The maximum absolute atomic E-state index is 12.0. The minimum absolute atomic E-state index is 0.0481. The molecule has 122 valence electrons. The molecule has 0 saturated carbocycles. The smallest absolute Gasteiger partial charge is 0.339 e. The molecule has 0 saturated heterocycles. The van der Waals surface area contributed by atoms with E-state index in [-0.39, 0.29) is 11.3 Å². The number of ether oxygens (including phenoxy) is 1. The average Bonchev–Trinajstić information content (AvgIpc) is 2.44. The molecule has 1 heterocycles. The summed E-state index contributed by atoms with van der Waals surface area (Å²) in [5.74, 6) is -0.905. The Balaban J connectivity index is 2.85. The number of carboxylic acid groups (broad SMARTS) is 1. The number of nitrogens with one attached hydrogen (secondary N) is 1. The van der Waals surface area contributed by atoms with Crippen LogP contribution in [0.25, 0.3) is 5.69 Å². The number of aromatic amines is 1. The van der Waals surface area contributed by atoms with Gasteiger partial charge in [0.05, 0.1) is 12.8 Å². The van der Waals surface area contributed by atoms with Crippen LogP contribution < -0.4 is 16.0 Å². The van der Waals surface area contributed by atoms with Crippen LogP contribution in [-0.4, -0.2) is 27.7 Å². The molecule has 2 N–H and O–H groups in total. The molecule has 1 aromatic heterocycles. The summed E-state index contributed by atoms with van der Waals surface area (Å²) in [6.45, 7) is 5.74. The van der Waals surface area contributed by atoms with Crippen molar-refractivity contribution in [2.45, 2.75) is 26.2 Å². The van der Waals surface area contributed by atoms with Crippen LogP contribution >= 0.6 is 0 Å². The molecule has 0 fully saturated rings. The number of nitrogens with zero attached hydrogens (tertiary/aromatic N) is 1. The summed E-state index contributed by atoms with van der Waals surface area (Å²) in [6, 6.07) is 4.23. The molecule has 0 atom stereocenters. The number of aromatic nitrogens is 2. The standard InChI is InChI=1S/C16H18N2O5/c1-16(2,3)11-8-9(7-10(14(20)21)13(11)23-4)18-6-5-12(19)17-15(18)22/h5-8H,1-4H3,(H,20,21)(H,17,19,22). The summed E-state index contributed by atoms with van der Waals surface area (Å²) in [7, 11) is 1.41. The first-order valence-electron chi connectivity index (χ1n) is 6.93. The highest BCUT2D eigenvalue weighted by Crippen LogP contribution is 2.36. The van der Waals surface area contributed by atoms with E-state index in [1.54, 1.807) is 6.07 Å². The van der Waals surface area contributed by atoms with Crippen LogP contribution in [0.3, 0.4) is 0 Å². The molecule has 0 aliphatic rings. The van der Waals surface area contributed by atoms with E-state index < -0.39 is 22.6 Å². The van der Waals surface area contributed by atoms with Crippen LogP contribution in [0.1, 0.15) is 36.7 Å². The fourth-order valence-electron chi connectivity index (χ4n) is 2.31. The zero-order valence-electron chi connectivity index (χ0n) is 13.3. The molecule has 0 bridgehead atoms. The zero-order valence-corrected chi connectivity index (χ0v) is 13.3. The van der Waals surface area contributed by atoms with Gasteiger partial charge in [0.15, 0.2) is 0 Å². The minimum atomic E-state index is -1.16. The Morgan fingerprint density at radius 2 is 1.91 bits per heavy atom. The number of benzene rings is 1. The number of H-pyrrole nitrogens is 1. The van der Waals surface area contributed by atoms with Crippen molar-refractivity contribution in [3.05, 3.63) is 56.4 Å². The number of methoxy groups -OCH3 is 1. The fourth-order valence-corrected chi connectivity index (χ4v) is 2.31. The number of hydrogen-bond donors (Lipinski definition) is 2. The lowest BCUT2D eigenvalue weighted by Gasteiger charge is -2.24. The third-order valence-electron chi connectivity index (χ3n) is 3.42. The van der Waals surface area contributed by atoms with Gasteiger partial charge in [-0.05, 0) is 17.5 Å². The third-order valence-corrected chi connectivity index (χ3v) is 3.42. The van der Waals surface area contributed by atoms with Crippen molar-refractivity contribution in [1.29, 1.82) is 0 Å². The van der Waals surface area contributed by atoms with Crippen molar-refractivity contribution >= 4 is 5.97 Å². The van der Waals surface area contributed by atoms with Crippen molar-refractivity contribution in [2.24, 2.45) is 0 Å². The quantitative estimate of drug-likeness (QED) is 0.893. The topological polar surface area (TPSA) is 101 Å². The second kappa shape index (κ2) is 5.75. The summed E-state index contributed by atoms with van der Waals surface area (Å²) >= 11 is 0. The molecule has 1 aromatic carbocycles. The second-order valence-corrected chi connectivity index (χ2v) is 6.11. The Kier molecular flexibility index (Phi) is 4.14. The molecule has 0 spiro atoms. The summed E-state index contributed by atoms with van der Waals surface area (Å²) < 4.78 is 6.46. The van der Waals surface area contributed by atoms with Crippen molar-refractivity contribution in [2.75, 3.05) is 7.11 Å². The van der Waals surface area contributed by atoms with Gasteiger partial charge < -0.3 is 9.84 Å². The van der Waals surface area contributed by atoms with E-state index in [9.17, 15) is 19.5 Å². The average molecular weight is 318 g/mol. The van der Waals surface area contributed by atoms with Crippen LogP contribution in [0, 0.1) is 0 Å². The van der Waals surface area contributed by atoms with Gasteiger partial charge in [0.1, 0.15) is 11.3 Å². The predicted octanol–water partition coefficient (Wildman–Crippen LogP) is 1.53. The van der Waals surface area contributed by atoms with Gasteiger partial charge in [-0.2, -0.15) is 0 Å². The molecular formula is C16H18N2O5. The molecular weight excluding hydrogens is 300 g/mol. The molecule has 0 amide bonds. The van der Waals surface area contributed by atoms with E-state index in [1.165, 1.54) is 30.0 Å². The maximum Gasteiger partial charge on any atom is 0.339 e. The summed E-state index contributed by atoms with van der Waals surface area (Å²) in [5, 5.41) is 9.45. The number of hydrogen-bond acceptors (Lipinski definition) is 4. The minimum Gasteiger partial charge on any atom is -0.496 e. The van der Waals surface area contributed by atoms with Crippen LogP contribution in [-0.2, 0) is 5.41 Å². The highest BCUT2D eigenvalue weighted by Gasteiger charge is 2.25. The van der Waals surface area contributed by atoms with Crippen LogP contribution in [0.5, 0.6) is 5.75 Å². The Morgan fingerprint density at radius 1 is 1.26 bits per heavy atom. The first kappa shape index (κ1) is 16.5. The van der Waals surface area contributed by atoms with Gasteiger partial charge in [0.2, 0.25) is 0 Å². The fraction of sp³-hybridized carbons (Fsp3) is 0.312. The number of rotatable bonds is 3. The number of carboxylic acids is 1. The van der Waals surface area contributed by atoms with Crippen molar-refractivity contribution < 1.29 is 14.6 Å². The molecule has 7 heteroatoms. The lowest BCUT2D eigenvalue weighted by Crippen LogP contribution is -2.28. The Bertz CT molecular complexity index is 871. The van der Waals surface area contributed by atoms with Gasteiger partial charge in [0.25, 0.3) is 5.56 Å². The molecule has 7 nitrogen and oxygen atoms in total. The van der Waals surface area contributed by atoms with Gasteiger partial charge in [-0.1, -0.05) is 20.8 Å². The molecule has 23 heavy (non-hydrogen) atoms. The predicted molar refractivity (Wildman–Crippen MR) is 84.9 cm³/mol. The van der Waals surface area contributed by atoms with Crippen LogP contribution in [0.2, 0.25) is 0 Å². The first-order chi connectivity index (χ1) is 10.6. The monoisotopic (exact) mass is 318 g/mol. The van der Waals surface area contributed by atoms with Gasteiger partial charge >= 0.3 is 11.7 Å². The molecule has 2 aromatic rings. The van der Waals surface area contributed by atoms with Gasteiger partial charge in [-0.25, -0.2) is 9.59 Å². The Morgan fingerprint density at radius 3 is 2.39 bits per heavy atom. The van der Waals surface area contributed by atoms with Gasteiger partial charge in [-0.3, -0.25) is 14.3 Å². The third kappa shape index (κ3) is 3.18. The second-order valence-electron chi connectivity index (χ2n) is 6.11. The van der Waals surface area contributed by atoms with E-state index in [1.807, 2.05) is 20.8 Å². The SMILES string of the molecule is COc1c(C(=O)O)cc(-n2ccc(=O)[nH]c2=O)cc1C(C)(C)C. The highest BCUT2D eigenvalue weighted by molar-refractivity contribution is 5.92. The van der Waals surface area contributed by atoms with Crippen molar-refractivity contribution in [3.8, 4) is 11.4 Å².